The van der Waals surface area contributed by atoms with Gasteiger partial charge in [-0.2, -0.15) is 0 Å². The zero-order valence-corrected chi connectivity index (χ0v) is 21.7. The molecule has 0 radical (unpaired) electrons. The van der Waals surface area contributed by atoms with Crippen LogP contribution in [0.4, 0.5) is 4.79 Å². The number of carbonyl (C=O) groups excluding carboxylic acids is 1. The van der Waals surface area contributed by atoms with Gasteiger partial charge in [-0.25, -0.2) is 9.36 Å². The molecule has 1 amide bonds. The number of aryl methyl sites for hydroxylation is 1. The fourth-order valence-corrected chi connectivity index (χ4v) is 4.10. The third kappa shape index (κ3) is 11.0. The summed E-state index contributed by atoms with van der Waals surface area (Å²) < 4.78 is 7.68. The molecule has 0 fully saturated rings. The molecule has 0 saturated carbocycles. The minimum absolute atomic E-state index is 0.351. The van der Waals surface area contributed by atoms with Crippen LogP contribution in [0.15, 0.2) is 61.4 Å². The molecule has 2 rings (SSSR count). The summed E-state index contributed by atoms with van der Waals surface area (Å²) in [6, 6.07) is 14.4. The molecule has 0 aliphatic heterocycles. The van der Waals surface area contributed by atoms with E-state index in [2.05, 4.69) is 53.1 Å². The van der Waals surface area contributed by atoms with Gasteiger partial charge in [-0.3, -0.25) is 0 Å². The summed E-state index contributed by atoms with van der Waals surface area (Å²) in [7, 11) is 0. The Morgan fingerprint density at radius 1 is 0.882 bits per heavy atom. The van der Waals surface area contributed by atoms with Gasteiger partial charge < -0.3 is 10.1 Å². The molecule has 0 aliphatic rings. The molecule has 2 aromatic rings. The van der Waals surface area contributed by atoms with Gasteiger partial charge in [-0.1, -0.05) is 81.4 Å². The normalized spacial score (nSPS) is 11.3. The standard InChI is InChI=1S/C30H44N2O2/c1-26(2)27-19-18-20-28(25-27)30(3,4)31-29(33)34-24-17-12-10-8-6-5-7-9-11-14-21-32-22-15-13-16-23-32/h13,15-16,18-20,22-23,25H,1,5-12,14,17,21,24H2,2-4H3/p+1. The highest BCUT2D eigenvalue weighted by Crippen LogP contribution is 2.23. The first kappa shape index (κ1) is 27.6. The number of ether oxygens (including phenoxy) is 1. The molecule has 1 aromatic heterocycles. The molecular weight excluding hydrogens is 420 g/mol. The maximum absolute atomic E-state index is 12.3. The summed E-state index contributed by atoms with van der Waals surface area (Å²) in [6.45, 7) is 11.6. The molecule has 0 saturated heterocycles. The van der Waals surface area contributed by atoms with Gasteiger partial charge in [-0.15, -0.1) is 0 Å². The fourth-order valence-electron chi connectivity index (χ4n) is 4.10. The molecule has 4 nitrogen and oxygen atoms in total. The van der Waals surface area contributed by atoms with Crippen LogP contribution in [0.3, 0.4) is 0 Å². The summed E-state index contributed by atoms with van der Waals surface area (Å²) in [5.41, 5.74) is 2.64. The highest BCUT2D eigenvalue weighted by molar-refractivity contribution is 5.69. The number of aromatic nitrogens is 1. The maximum atomic E-state index is 12.3. The molecule has 0 bridgehead atoms. The molecule has 4 heteroatoms. The van der Waals surface area contributed by atoms with Crippen LogP contribution in [-0.2, 0) is 16.8 Å². The van der Waals surface area contributed by atoms with Crippen molar-refractivity contribution < 1.29 is 14.1 Å². The first-order valence-electron chi connectivity index (χ1n) is 13.0. The average molecular weight is 466 g/mol. The monoisotopic (exact) mass is 465 g/mol. The summed E-state index contributed by atoms with van der Waals surface area (Å²) in [5, 5.41) is 3.00. The van der Waals surface area contributed by atoms with Crippen molar-refractivity contribution in [2.45, 2.75) is 97.1 Å². The van der Waals surface area contributed by atoms with Gasteiger partial charge in [0.25, 0.3) is 0 Å². The number of nitrogens with one attached hydrogen (secondary N) is 1. The Balaban J connectivity index is 1.44. The van der Waals surface area contributed by atoms with Crippen molar-refractivity contribution >= 4 is 11.7 Å². The third-order valence-corrected chi connectivity index (χ3v) is 6.31. The van der Waals surface area contributed by atoms with Crippen LogP contribution >= 0.6 is 0 Å². The lowest BCUT2D eigenvalue weighted by Gasteiger charge is -2.27. The van der Waals surface area contributed by atoms with Gasteiger partial charge in [0.2, 0.25) is 0 Å². The van der Waals surface area contributed by atoms with Crippen LogP contribution in [-0.4, -0.2) is 12.7 Å². The zero-order valence-electron chi connectivity index (χ0n) is 21.7. The van der Waals surface area contributed by atoms with E-state index in [1.807, 2.05) is 39.0 Å². The molecule has 1 heterocycles. The van der Waals surface area contributed by atoms with E-state index in [0.717, 1.165) is 36.1 Å². The molecule has 1 aromatic carbocycles. The van der Waals surface area contributed by atoms with Crippen LogP contribution in [0, 0.1) is 0 Å². The number of benzene rings is 1. The summed E-state index contributed by atoms with van der Waals surface area (Å²) in [5.74, 6) is 0. The quantitative estimate of drug-likeness (QED) is 0.205. The van der Waals surface area contributed by atoms with Crippen molar-refractivity contribution in [3.05, 3.63) is 72.6 Å². The zero-order chi connectivity index (χ0) is 24.7. The Morgan fingerprint density at radius 2 is 1.47 bits per heavy atom. The SMILES string of the molecule is C=C(C)c1cccc(C(C)(C)NC(=O)OCCCCCCCCCCCC[n+]2ccccc2)c1. The predicted octanol–water partition coefficient (Wildman–Crippen LogP) is 7.57. The number of unbranched alkanes of at least 4 members (excludes halogenated alkanes) is 9. The van der Waals surface area contributed by atoms with Gasteiger partial charge in [0.15, 0.2) is 12.4 Å². The number of hydrogen-bond acceptors (Lipinski definition) is 2. The number of carbonyl (C=O) groups is 1. The Hall–Kier alpha value is -2.62. The van der Waals surface area contributed by atoms with Crippen molar-refractivity contribution in [2.24, 2.45) is 0 Å². The number of pyridine rings is 1. The van der Waals surface area contributed by atoms with E-state index >= 15 is 0 Å². The Morgan fingerprint density at radius 3 is 2.09 bits per heavy atom. The van der Waals surface area contributed by atoms with E-state index in [4.69, 9.17) is 4.74 Å². The van der Waals surface area contributed by atoms with Crippen molar-refractivity contribution in [1.29, 1.82) is 0 Å². The van der Waals surface area contributed by atoms with E-state index in [1.165, 1.54) is 51.4 Å². The highest BCUT2D eigenvalue weighted by Gasteiger charge is 2.23. The first-order chi connectivity index (χ1) is 16.4. The Labute approximate surface area is 207 Å². The summed E-state index contributed by atoms with van der Waals surface area (Å²) in [6.07, 6.45) is 16.4. The molecular formula is C30H45N2O2+. The van der Waals surface area contributed by atoms with Gasteiger partial charge >= 0.3 is 6.09 Å². The number of allylic oxidation sites excluding steroid dienone is 1. The van der Waals surface area contributed by atoms with E-state index < -0.39 is 5.54 Å². The lowest BCUT2D eigenvalue weighted by Crippen LogP contribution is -2.41. The number of amides is 1. The molecule has 0 atom stereocenters. The molecule has 0 unspecified atom stereocenters. The van der Waals surface area contributed by atoms with E-state index in [0.29, 0.717) is 6.61 Å². The van der Waals surface area contributed by atoms with Gasteiger partial charge in [0.1, 0.15) is 6.54 Å². The van der Waals surface area contributed by atoms with Crippen LogP contribution in [0.2, 0.25) is 0 Å². The van der Waals surface area contributed by atoms with Crippen molar-refractivity contribution in [2.75, 3.05) is 6.61 Å². The van der Waals surface area contributed by atoms with Gasteiger partial charge in [0.05, 0.1) is 12.1 Å². The molecule has 34 heavy (non-hydrogen) atoms. The average Bonchev–Trinajstić information content (AvgIpc) is 2.82. The molecule has 1 N–H and O–H groups in total. The lowest BCUT2D eigenvalue weighted by molar-refractivity contribution is -0.697. The smallest absolute Gasteiger partial charge is 0.407 e. The van der Waals surface area contributed by atoms with E-state index in [1.54, 1.807) is 0 Å². The first-order valence-corrected chi connectivity index (χ1v) is 13.0. The second-order valence-corrected chi connectivity index (χ2v) is 9.90. The number of alkyl carbamates (subject to hydrolysis) is 1. The predicted molar refractivity (Wildman–Crippen MR) is 141 cm³/mol. The van der Waals surface area contributed by atoms with E-state index in [9.17, 15) is 4.79 Å². The molecule has 0 spiro atoms. The summed E-state index contributed by atoms with van der Waals surface area (Å²) >= 11 is 0. The summed E-state index contributed by atoms with van der Waals surface area (Å²) in [4.78, 5) is 12.3. The van der Waals surface area contributed by atoms with Crippen LogP contribution in [0.25, 0.3) is 5.57 Å². The second-order valence-electron chi connectivity index (χ2n) is 9.90. The highest BCUT2D eigenvalue weighted by atomic mass is 16.5. The van der Waals surface area contributed by atoms with Crippen molar-refractivity contribution in [3.8, 4) is 0 Å². The van der Waals surface area contributed by atoms with Crippen LogP contribution in [0.5, 0.6) is 0 Å². The fraction of sp³-hybridized carbons (Fsp3) is 0.533. The van der Waals surface area contributed by atoms with Gasteiger partial charge in [-0.05, 0) is 50.8 Å². The largest absolute Gasteiger partial charge is 0.450 e. The number of rotatable bonds is 16. The van der Waals surface area contributed by atoms with Crippen LogP contribution < -0.4 is 9.88 Å². The topological polar surface area (TPSA) is 42.2 Å². The van der Waals surface area contributed by atoms with Crippen LogP contribution in [0.1, 0.15) is 96.1 Å². The number of nitrogens with zero attached hydrogens (tertiary/aromatic N) is 1. The Bertz CT molecular complexity index is 861. The third-order valence-electron chi connectivity index (χ3n) is 6.31. The van der Waals surface area contributed by atoms with Crippen molar-refractivity contribution in [3.63, 3.8) is 0 Å². The van der Waals surface area contributed by atoms with Gasteiger partial charge in [0, 0.05) is 18.6 Å². The maximum Gasteiger partial charge on any atom is 0.407 e. The minimum atomic E-state index is -0.497. The Kier molecular flexibility index (Phi) is 12.4. The van der Waals surface area contributed by atoms with Crippen molar-refractivity contribution in [1.82, 2.24) is 5.32 Å². The minimum Gasteiger partial charge on any atom is -0.450 e. The molecule has 186 valence electrons. The number of hydrogen-bond donors (Lipinski definition) is 1. The lowest BCUT2D eigenvalue weighted by atomic mass is 9.92. The molecule has 0 aliphatic carbocycles. The van der Waals surface area contributed by atoms with E-state index in [-0.39, 0.29) is 6.09 Å². The second kappa shape index (κ2) is 15.3.